The summed E-state index contributed by atoms with van der Waals surface area (Å²) >= 11 is 3.31. The summed E-state index contributed by atoms with van der Waals surface area (Å²) in [5.41, 5.74) is 2.61. The fourth-order valence-electron chi connectivity index (χ4n) is 2.38. The standard InChI is InChI=1S/C20H25BrN4O5/c1-12(22-19(28)30-20(2,3)4)17(26)24-25-10-9-15(21)16(25)18(27)23-13-7-6-8-14(11-13)29-5/h6-12H,1-5H3,(H,22,28)(H,23,27)(H,24,26). The van der Waals surface area contributed by atoms with Crippen molar-refractivity contribution in [2.75, 3.05) is 17.9 Å². The van der Waals surface area contributed by atoms with Crippen molar-refractivity contribution in [3.63, 3.8) is 0 Å². The van der Waals surface area contributed by atoms with Crippen LogP contribution in [0.3, 0.4) is 0 Å². The molecule has 3 amide bonds. The first-order valence-corrected chi connectivity index (χ1v) is 9.92. The molecule has 0 saturated carbocycles. The molecule has 1 unspecified atom stereocenters. The third-order valence-electron chi connectivity index (χ3n) is 3.74. The molecule has 2 aromatic rings. The molecule has 1 aromatic heterocycles. The van der Waals surface area contributed by atoms with Gasteiger partial charge in [0.05, 0.1) is 11.6 Å². The third-order valence-corrected chi connectivity index (χ3v) is 4.38. The van der Waals surface area contributed by atoms with Gasteiger partial charge in [-0.15, -0.1) is 0 Å². The molecular weight excluding hydrogens is 456 g/mol. The molecule has 0 aliphatic rings. The maximum absolute atomic E-state index is 12.8. The van der Waals surface area contributed by atoms with E-state index >= 15 is 0 Å². The Morgan fingerprint density at radius 2 is 1.87 bits per heavy atom. The van der Waals surface area contributed by atoms with Gasteiger partial charge in [-0.3, -0.25) is 19.7 Å². The summed E-state index contributed by atoms with van der Waals surface area (Å²) in [4.78, 5) is 37.1. The zero-order chi connectivity index (χ0) is 22.5. The molecule has 10 heteroatoms. The molecule has 0 radical (unpaired) electrons. The zero-order valence-corrected chi connectivity index (χ0v) is 19.0. The molecule has 3 N–H and O–H groups in total. The molecular formula is C20H25BrN4O5. The molecule has 1 aromatic carbocycles. The van der Waals surface area contributed by atoms with Crippen molar-refractivity contribution in [1.29, 1.82) is 0 Å². The van der Waals surface area contributed by atoms with Gasteiger partial charge < -0.3 is 20.1 Å². The number of halogens is 1. The molecule has 162 valence electrons. The lowest BCUT2D eigenvalue weighted by molar-refractivity contribution is -0.118. The maximum Gasteiger partial charge on any atom is 0.408 e. The van der Waals surface area contributed by atoms with Crippen molar-refractivity contribution in [3.05, 3.63) is 46.7 Å². The van der Waals surface area contributed by atoms with E-state index in [1.54, 1.807) is 51.1 Å². The summed E-state index contributed by atoms with van der Waals surface area (Å²) in [5, 5.41) is 5.20. The van der Waals surface area contributed by atoms with E-state index in [9.17, 15) is 14.4 Å². The van der Waals surface area contributed by atoms with E-state index in [0.717, 1.165) is 0 Å². The SMILES string of the molecule is COc1cccc(NC(=O)c2c(Br)ccn2NC(=O)C(C)NC(=O)OC(C)(C)C)c1. The van der Waals surface area contributed by atoms with Crippen LogP contribution in [-0.4, -0.2) is 41.3 Å². The number of methoxy groups -OCH3 is 1. The van der Waals surface area contributed by atoms with Gasteiger partial charge in [0.1, 0.15) is 23.1 Å². The van der Waals surface area contributed by atoms with Crippen LogP contribution in [0.25, 0.3) is 0 Å². The van der Waals surface area contributed by atoms with Crippen molar-refractivity contribution in [2.24, 2.45) is 0 Å². The monoisotopic (exact) mass is 480 g/mol. The highest BCUT2D eigenvalue weighted by Crippen LogP contribution is 2.21. The zero-order valence-electron chi connectivity index (χ0n) is 17.4. The number of alkyl carbamates (subject to hydrolysis) is 1. The molecule has 0 bridgehead atoms. The van der Waals surface area contributed by atoms with Crippen molar-refractivity contribution >= 4 is 39.5 Å². The Kier molecular flexibility index (Phi) is 7.49. The largest absolute Gasteiger partial charge is 0.497 e. The van der Waals surface area contributed by atoms with Crippen LogP contribution in [-0.2, 0) is 9.53 Å². The van der Waals surface area contributed by atoms with E-state index in [-0.39, 0.29) is 5.69 Å². The first kappa shape index (κ1) is 23.3. The van der Waals surface area contributed by atoms with Crippen LogP contribution in [0.2, 0.25) is 0 Å². The average Bonchev–Trinajstić information content (AvgIpc) is 3.00. The van der Waals surface area contributed by atoms with Crippen LogP contribution in [0.5, 0.6) is 5.75 Å². The summed E-state index contributed by atoms with van der Waals surface area (Å²) < 4.78 is 12.0. The highest BCUT2D eigenvalue weighted by Gasteiger charge is 2.23. The summed E-state index contributed by atoms with van der Waals surface area (Å²) in [5.74, 6) is -0.384. The highest BCUT2D eigenvalue weighted by molar-refractivity contribution is 9.10. The van der Waals surface area contributed by atoms with Gasteiger partial charge in [0, 0.05) is 18.0 Å². The number of carbonyl (C=O) groups excluding carboxylic acids is 3. The summed E-state index contributed by atoms with van der Waals surface area (Å²) in [6.07, 6.45) is 0.803. The van der Waals surface area contributed by atoms with E-state index in [2.05, 4.69) is 32.0 Å². The number of anilines is 1. The smallest absolute Gasteiger partial charge is 0.408 e. The van der Waals surface area contributed by atoms with Crippen molar-refractivity contribution in [1.82, 2.24) is 9.99 Å². The van der Waals surface area contributed by atoms with Crippen LogP contribution >= 0.6 is 15.9 Å². The fourth-order valence-corrected chi connectivity index (χ4v) is 2.87. The minimum atomic E-state index is -0.893. The molecule has 0 saturated heterocycles. The first-order valence-electron chi connectivity index (χ1n) is 9.13. The third kappa shape index (κ3) is 6.51. The van der Waals surface area contributed by atoms with E-state index in [1.165, 1.54) is 24.9 Å². The van der Waals surface area contributed by atoms with Crippen molar-refractivity contribution < 1.29 is 23.9 Å². The Balaban J connectivity index is 2.08. The quantitative estimate of drug-likeness (QED) is 0.585. The van der Waals surface area contributed by atoms with Gasteiger partial charge in [0.25, 0.3) is 11.8 Å². The van der Waals surface area contributed by atoms with E-state index in [1.807, 2.05) is 0 Å². The molecule has 1 atom stereocenters. The number of ether oxygens (including phenoxy) is 2. The van der Waals surface area contributed by atoms with Gasteiger partial charge in [-0.2, -0.15) is 0 Å². The van der Waals surface area contributed by atoms with Crippen molar-refractivity contribution in [3.8, 4) is 5.75 Å². The number of aromatic nitrogens is 1. The summed E-state index contributed by atoms with van der Waals surface area (Å²) in [6.45, 7) is 6.68. The molecule has 30 heavy (non-hydrogen) atoms. The topological polar surface area (TPSA) is 111 Å². The van der Waals surface area contributed by atoms with Gasteiger partial charge in [0.2, 0.25) is 0 Å². The maximum atomic E-state index is 12.8. The van der Waals surface area contributed by atoms with Gasteiger partial charge in [-0.05, 0) is 61.8 Å². The number of hydrogen-bond acceptors (Lipinski definition) is 5. The number of benzene rings is 1. The lowest BCUT2D eigenvalue weighted by Crippen LogP contribution is -2.46. The Morgan fingerprint density at radius 3 is 2.50 bits per heavy atom. The fraction of sp³-hybridized carbons (Fsp3) is 0.350. The van der Waals surface area contributed by atoms with Crippen LogP contribution < -0.4 is 20.8 Å². The second kappa shape index (κ2) is 9.66. The minimum Gasteiger partial charge on any atom is -0.497 e. The van der Waals surface area contributed by atoms with Crippen LogP contribution in [0.4, 0.5) is 10.5 Å². The predicted octanol–water partition coefficient (Wildman–Crippen LogP) is 3.49. The van der Waals surface area contributed by atoms with Gasteiger partial charge >= 0.3 is 6.09 Å². The molecule has 0 fully saturated rings. The van der Waals surface area contributed by atoms with E-state index in [4.69, 9.17) is 9.47 Å². The molecule has 2 rings (SSSR count). The number of carbonyl (C=O) groups is 3. The van der Waals surface area contributed by atoms with E-state index < -0.39 is 29.6 Å². The van der Waals surface area contributed by atoms with Crippen LogP contribution in [0.1, 0.15) is 38.2 Å². The number of amides is 3. The van der Waals surface area contributed by atoms with Crippen LogP contribution in [0.15, 0.2) is 41.0 Å². The molecule has 1 heterocycles. The average molecular weight is 481 g/mol. The molecule has 0 aliphatic heterocycles. The Morgan fingerprint density at radius 1 is 1.17 bits per heavy atom. The molecule has 0 spiro atoms. The summed E-state index contributed by atoms with van der Waals surface area (Å²) in [7, 11) is 1.53. The first-order chi connectivity index (χ1) is 14.0. The lowest BCUT2D eigenvalue weighted by Gasteiger charge is -2.22. The normalized spacial score (nSPS) is 11.9. The number of hydrogen-bond donors (Lipinski definition) is 3. The number of nitrogens with one attached hydrogen (secondary N) is 3. The Bertz CT molecular complexity index is 936. The highest BCUT2D eigenvalue weighted by atomic mass is 79.9. The molecule has 9 nitrogen and oxygen atoms in total. The van der Waals surface area contributed by atoms with Gasteiger partial charge in [-0.25, -0.2) is 4.79 Å². The lowest BCUT2D eigenvalue weighted by atomic mass is 10.2. The van der Waals surface area contributed by atoms with Crippen molar-refractivity contribution in [2.45, 2.75) is 39.3 Å². The second-order valence-electron chi connectivity index (χ2n) is 7.41. The molecule has 0 aliphatic carbocycles. The van der Waals surface area contributed by atoms with Crippen LogP contribution in [0, 0.1) is 0 Å². The number of nitrogens with zero attached hydrogens (tertiary/aromatic N) is 1. The van der Waals surface area contributed by atoms with E-state index in [0.29, 0.717) is 15.9 Å². The van der Waals surface area contributed by atoms with Gasteiger partial charge in [0.15, 0.2) is 0 Å². The number of rotatable bonds is 6. The second-order valence-corrected chi connectivity index (χ2v) is 8.27. The Labute approximate surface area is 183 Å². The Hall–Kier alpha value is -3.01. The van der Waals surface area contributed by atoms with Gasteiger partial charge in [-0.1, -0.05) is 6.07 Å². The predicted molar refractivity (Wildman–Crippen MR) is 116 cm³/mol. The summed E-state index contributed by atoms with van der Waals surface area (Å²) in [6, 6.07) is 7.61. The minimum absolute atomic E-state index is 0.177.